The van der Waals surface area contributed by atoms with Gasteiger partial charge in [0.1, 0.15) is 0 Å². The monoisotopic (exact) mass is 168 g/mol. The molecule has 0 heteroatoms. The lowest BCUT2D eigenvalue weighted by Crippen LogP contribution is -2.26. The average Bonchev–Trinajstić information content (AvgIpc) is 2.01. The maximum Gasteiger partial charge on any atom is -0.0351 e. The molecule has 0 radical (unpaired) electrons. The molecule has 1 saturated carbocycles. The average molecular weight is 168 g/mol. The van der Waals surface area contributed by atoms with E-state index in [9.17, 15) is 0 Å². The first kappa shape index (κ1) is 10.1. The van der Waals surface area contributed by atoms with E-state index < -0.39 is 0 Å². The summed E-state index contributed by atoms with van der Waals surface area (Å²) in [5, 5.41) is 0. The molecule has 0 spiro atoms. The molecule has 0 aliphatic heterocycles. The van der Waals surface area contributed by atoms with Crippen LogP contribution in [0.15, 0.2) is 0 Å². The Balaban J connectivity index is 2.46. The standard InChI is InChI=1S/C12H24/c1-5-10(2)11-7-6-8-12(3,4)9-11/h10-11H,5-9H2,1-4H3. The van der Waals surface area contributed by atoms with E-state index in [1.54, 1.807) is 0 Å². The van der Waals surface area contributed by atoms with Crippen LogP contribution in [0.5, 0.6) is 0 Å². The Bertz CT molecular complexity index is 135. The van der Waals surface area contributed by atoms with Gasteiger partial charge in [0.15, 0.2) is 0 Å². The predicted octanol–water partition coefficient (Wildman–Crippen LogP) is 4.25. The maximum absolute atomic E-state index is 2.43. The fraction of sp³-hybridized carbons (Fsp3) is 1.00. The van der Waals surface area contributed by atoms with E-state index in [0.29, 0.717) is 5.41 Å². The van der Waals surface area contributed by atoms with Crippen LogP contribution >= 0.6 is 0 Å². The summed E-state index contributed by atoms with van der Waals surface area (Å²) < 4.78 is 0. The second kappa shape index (κ2) is 3.81. The highest BCUT2D eigenvalue weighted by Crippen LogP contribution is 2.42. The third-order valence-electron chi connectivity index (χ3n) is 3.69. The number of rotatable bonds is 2. The highest BCUT2D eigenvalue weighted by Gasteiger charge is 2.29. The zero-order valence-electron chi connectivity index (χ0n) is 9.19. The summed E-state index contributed by atoms with van der Waals surface area (Å²) in [6.45, 7) is 9.61. The lowest BCUT2D eigenvalue weighted by Gasteiger charge is -2.37. The van der Waals surface area contributed by atoms with Gasteiger partial charge in [-0.15, -0.1) is 0 Å². The van der Waals surface area contributed by atoms with Gasteiger partial charge in [-0.1, -0.05) is 47.0 Å². The molecule has 2 unspecified atom stereocenters. The Morgan fingerprint density at radius 2 is 2.08 bits per heavy atom. The molecule has 1 aliphatic carbocycles. The third-order valence-corrected chi connectivity index (χ3v) is 3.69. The Hall–Kier alpha value is 0. The molecule has 0 bridgehead atoms. The molecular formula is C12H24. The molecule has 1 aliphatic rings. The van der Waals surface area contributed by atoms with Crippen LogP contribution in [0.3, 0.4) is 0 Å². The summed E-state index contributed by atoms with van der Waals surface area (Å²) >= 11 is 0. The van der Waals surface area contributed by atoms with Gasteiger partial charge in [0.05, 0.1) is 0 Å². The number of hydrogen-bond donors (Lipinski definition) is 0. The van der Waals surface area contributed by atoms with Crippen molar-refractivity contribution in [1.82, 2.24) is 0 Å². The van der Waals surface area contributed by atoms with E-state index in [4.69, 9.17) is 0 Å². The van der Waals surface area contributed by atoms with E-state index in [-0.39, 0.29) is 0 Å². The topological polar surface area (TPSA) is 0 Å². The molecule has 0 heterocycles. The molecule has 2 atom stereocenters. The second-order valence-corrected chi connectivity index (χ2v) is 5.41. The Morgan fingerprint density at radius 3 is 2.58 bits per heavy atom. The van der Waals surface area contributed by atoms with Gasteiger partial charge in [0, 0.05) is 0 Å². The fourth-order valence-corrected chi connectivity index (χ4v) is 2.58. The van der Waals surface area contributed by atoms with Crippen LogP contribution in [0.4, 0.5) is 0 Å². The first-order chi connectivity index (χ1) is 5.55. The molecular weight excluding hydrogens is 144 g/mol. The molecule has 1 rings (SSSR count). The van der Waals surface area contributed by atoms with Crippen molar-refractivity contribution in [3.8, 4) is 0 Å². The minimum Gasteiger partial charge on any atom is -0.0651 e. The van der Waals surface area contributed by atoms with Gasteiger partial charge in [0.2, 0.25) is 0 Å². The molecule has 0 N–H and O–H groups in total. The molecule has 12 heavy (non-hydrogen) atoms. The minimum absolute atomic E-state index is 0.631. The van der Waals surface area contributed by atoms with E-state index >= 15 is 0 Å². The van der Waals surface area contributed by atoms with Crippen LogP contribution in [0.25, 0.3) is 0 Å². The van der Waals surface area contributed by atoms with E-state index in [1.807, 2.05) is 0 Å². The van der Waals surface area contributed by atoms with Crippen LogP contribution in [0.2, 0.25) is 0 Å². The third kappa shape index (κ3) is 2.50. The quantitative estimate of drug-likeness (QED) is 0.578. The van der Waals surface area contributed by atoms with Gasteiger partial charge in [-0.3, -0.25) is 0 Å². The van der Waals surface area contributed by atoms with Crippen molar-refractivity contribution in [3.05, 3.63) is 0 Å². The van der Waals surface area contributed by atoms with Gasteiger partial charge in [0.25, 0.3) is 0 Å². The van der Waals surface area contributed by atoms with E-state index in [2.05, 4.69) is 27.7 Å². The summed E-state index contributed by atoms with van der Waals surface area (Å²) in [5.74, 6) is 1.96. The SMILES string of the molecule is CCC(C)C1CCCC(C)(C)C1. The highest BCUT2D eigenvalue weighted by molar-refractivity contribution is 4.81. The summed E-state index contributed by atoms with van der Waals surface area (Å²) in [6, 6.07) is 0. The van der Waals surface area contributed by atoms with Crippen molar-refractivity contribution in [2.75, 3.05) is 0 Å². The molecule has 1 fully saturated rings. The number of hydrogen-bond acceptors (Lipinski definition) is 0. The predicted molar refractivity (Wildman–Crippen MR) is 55.2 cm³/mol. The first-order valence-corrected chi connectivity index (χ1v) is 5.55. The van der Waals surface area contributed by atoms with Gasteiger partial charge < -0.3 is 0 Å². The molecule has 0 amide bonds. The summed E-state index contributed by atoms with van der Waals surface area (Å²) in [5.41, 5.74) is 0.631. The molecule has 0 aromatic carbocycles. The summed E-state index contributed by atoms with van der Waals surface area (Å²) in [6.07, 6.45) is 7.21. The second-order valence-electron chi connectivity index (χ2n) is 5.41. The summed E-state index contributed by atoms with van der Waals surface area (Å²) in [4.78, 5) is 0. The van der Waals surface area contributed by atoms with Crippen molar-refractivity contribution < 1.29 is 0 Å². The van der Waals surface area contributed by atoms with Crippen LogP contribution < -0.4 is 0 Å². The first-order valence-electron chi connectivity index (χ1n) is 5.55. The van der Waals surface area contributed by atoms with Gasteiger partial charge in [-0.2, -0.15) is 0 Å². The molecule has 0 saturated heterocycles. The maximum atomic E-state index is 2.43. The van der Waals surface area contributed by atoms with Crippen LogP contribution in [-0.2, 0) is 0 Å². The van der Waals surface area contributed by atoms with Gasteiger partial charge >= 0.3 is 0 Å². The minimum atomic E-state index is 0.631. The lowest BCUT2D eigenvalue weighted by atomic mass is 9.68. The molecule has 0 aromatic rings. The summed E-state index contributed by atoms with van der Waals surface area (Å²) in [7, 11) is 0. The van der Waals surface area contributed by atoms with Crippen LogP contribution in [-0.4, -0.2) is 0 Å². The zero-order chi connectivity index (χ0) is 9.19. The van der Waals surface area contributed by atoms with Crippen molar-refractivity contribution >= 4 is 0 Å². The molecule has 72 valence electrons. The highest BCUT2D eigenvalue weighted by atomic mass is 14.3. The lowest BCUT2D eigenvalue weighted by molar-refractivity contribution is 0.138. The normalized spacial score (nSPS) is 31.5. The Labute approximate surface area is 77.7 Å². The smallest absolute Gasteiger partial charge is 0.0351 e. The van der Waals surface area contributed by atoms with Crippen molar-refractivity contribution in [3.63, 3.8) is 0 Å². The van der Waals surface area contributed by atoms with Crippen molar-refractivity contribution in [1.29, 1.82) is 0 Å². The van der Waals surface area contributed by atoms with Crippen LogP contribution in [0.1, 0.15) is 59.8 Å². The van der Waals surface area contributed by atoms with E-state index in [1.165, 1.54) is 32.1 Å². The van der Waals surface area contributed by atoms with Gasteiger partial charge in [-0.25, -0.2) is 0 Å². The Morgan fingerprint density at radius 1 is 1.42 bits per heavy atom. The fourth-order valence-electron chi connectivity index (χ4n) is 2.58. The van der Waals surface area contributed by atoms with E-state index in [0.717, 1.165) is 11.8 Å². The Kier molecular flexibility index (Phi) is 3.20. The van der Waals surface area contributed by atoms with Crippen LogP contribution in [0, 0.1) is 17.3 Å². The van der Waals surface area contributed by atoms with Crippen molar-refractivity contribution in [2.45, 2.75) is 59.8 Å². The zero-order valence-corrected chi connectivity index (χ0v) is 9.19. The molecule has 0 nitrogen and oxygen atoms in total. The largest absolute Gasteiger partial charge is 0.0651 e. The molecule has 0 aromatic heterocycles. The van der Waals surface area contributed by atoms with Gasteiger partial charge in [-0.05, 0) is 30.1 Å². The van der Waals surface area contributed by atoms with Crippen molar-refractivity contribution in [2.24, 2.45) is 17.3 Å².